The molecular formula is C11H14O8. The summed E-state index contributed by atoms with van der Waals surface area (Å²) in [6.45, 7) is 3.95. The molecule has 0 bridgehead atoms. The molecule has 1 unspecified atom stereocenters. The third-order valence-corrected chi connectivity index (χ3v) is 1.85. The van der Waals surface area contributed by atoms with Gasteiger partial charge in [-0.15, -0.1) is 0 Å². The van der Waals surface area contributed by atoms with Gasteiger partial charge in [-0.1, -0.05) is 12.7 Å². The predicted molar refractivity (Wildman–Crippen MR) is 59.7 cm³/mol. The molecule has 0 aromatic carbocycles. The Bertz CT molecular complexity index is 399. The van der Waals surface area contributed by atoms with Crippen molar-refractivity contribution in [3.63, 3.8) is 0 Å². The lowest BCUT2D eigenvalue weighted by molar-refractivity contribution is -0.177. The minimum Gasteiger partial charge on any atom is -0.481 e. The molecule has 0 saturated carbocycles. The van der Waals surface area contributed by atoms with Gasteiger partial charge in [0.05, 0.1) is 12.8 Å². The Hall–Kier alpha value is -2.22. The molecule has 106 valence electrons. The van der Waals surface area contributed by atoms with Gasteiger partial charge in [0.2, 0.25) is 0 Å². The van der Waals surface area contributed by atoms with Crippen LogP contribution in [-0.4, -0.2) is 46.3 Å². The van der Waals surface area contributed by atoms with E-state index in [4.69, 9.17) is 5.11 Å². The number of carboxylic acid groups (broad SMARTS) is 1. The summed E-state index contributed by atoms with van der Waals surface area (Å²) < 4.78 is 8.62. The second-order valence-electron chi connectivity index (χ2n) is 3.63. The van der Waals surface area contributed by atoms with Gasteiger partial charge in [0.1, 0.15) is 6.61 Å². The topological polar surface area (TPSA) is 127 Å². The quantitative estimate of drug-likeness (QED) is 0.358. The number of hydrogen-bond donors (Lipinski definition) is 2. The highest BCUT2D eigenvalue weighted by Gasteiger charge is 2.43. The van der Waals surface area contributed by atoms with Gasteiger partial charge in [-0.3, -0.25) is 14.4 Å². The van der Waals surface area contributed by atoms with Crippen molar-refractivity contribution >= 4 is 23.9 Å². The fraction of sp³-hybridized carbons (Fsp3) is 0.455. The van der Waals surface area contributed by atoms with E-state index in [0.29, 0.717) is 0 Å². The molecule has 0 aromatic heterocycles. The summed E-state index contributed by atoms with van der Waals surface area (Å²) in [5.74, 6) is -5.00. The maximum atomic E-state index is 11.5. The molecule has 0 spiro atoms. The number of aliphatic hydroxyl groups is 1. The Labute approximate surface area is 108 Å². The first kappa shape index (κ1) is 16.8. The van der Waals surface area contributed by atoms with Gasteiger partial charge in [-0.05, 0) is 0 Å². The number of esters is 3. The molecule has 0 aromatic rings. The van der Waals surface area contributed by atoms with Crippen LogP contribution in [0.4, 0.5) is 0 Å². The zero-order chi connectivity index (χ0) is 15.1. The van der Waals surface area contributed by atoms with Crippen LogP contribution in [0.5, 0.6) is 0 Å². The van der Waals surface area contributed by atoms with E-state index in [1.54, 1.807) is 0 Å². The first-order valence-electron chi connectivity index (χ1n) is 5.15. The van der Waals surface area contributed by atoms with Gasteiger partial charge < -0.3 is 19.7 Å². The van der Waals surface area contributed by atoms with Crippen LogP contribution in [0, 0.1) is 0 Å². The summed E-state index contributed by atoms with van der Waals surface area (Å²) in [7, 11) is 0. The van der Waals surface area contributed by atoms with Gasteiger partial charge in [0, 0.05) is 6.92 Å². The van der Waals surface area contributed by atoms with E-state index in [1.165, 1.54) is 6.08 Å². The van der Waals surface area contributed by atoms with Crippen LogP contribution in [-0.2, 0) is 28.7 Å². The van der Waals surface area contributed by atoms with Gasteiger partial charge in [0.15, 0.2) is 5.60 Å². The first-order valence-corrected chi connectivity index (χ1v) is 5.15. The van der Waals surface area contributed by atoms with Gasteiger partial charge in [0.25, 0.3) is 0 Å². The van der Waals surface area contributed by atoms with Gasteiger partial charge in [-0.2, -0.15) is 0 Å². The number of hydrogen-bond acceptors (Lipinski definition) is 7. The smallest absolute Gasteiger partial charge is 0.339 e. The third-order valence-electron chi connectivity index (χ3n) is 1.85. The van der Waals surface area contributed by atoms with Crippen molar-refractivity contribution < 1.29 is 38.9 Å². The number of ether oxygens (including phenoxy) is 2. The molecule has 0 radical (unpaired) electrons. The lowest BCUT2D eigenvalue weighted by atomic mass is 9.96. The summed E-state index contributed by atoms with van der Waals surface area (Å²) in [6.07, 6.45) is -0.863. The summed E-state index contributed by atoms with van der Waals surface area (Å²) in [5, 5.41) is 18.5. The van der Waals surface area contributed by atoms with E-state index in [2.05, 4.69) is 16.1 Å². The molecule has 0 heterocycles. The Kier molecular flexibility index (Phi) is 6.42. The number of carbonyl (C=O) groups excluding carboxylic acids is 3. The predicted octanol–water partition coefficient (Wildman–Crippen LogP) is -0.599. The molecule has 0 rings (SSSR count). The standard InChI is InChI=1S/C11H14O8/c1-3-4-18-10(16)11(17,5-8(13)14)6-9(15)19-7(2)12/h3,17H,1,4-6H2,2H3,(H,13,14). The fourth-order valence-electron chi connectivity index (χ4n) is 1.16. The highest BCUT2D eigenvalue weighted by atomic mass is 16.6. The van der Waals surface area contributed by atoms with Crippen molar-refractivity contribution in [2.45, 2.75) is 25.4 Å². The summed E-state index contributed by atoms with van der Waals surface area (Å²) in [4.78, 5) is 43.8. The van der Waals surface area contributed by atoms with Crippen molar-refractivity contribution in [1.82, 2.24) is 0 Å². The average Bonchev–Trinajstić information content (AvgIpc) is 2.22. The average molecular weight is 274 g/mol. The van der Waals surface area contributed by atoms with E-state index < -0.39 is 42.3 Å². The van der Waals surface area contributed by atoms with E-state index in [9.17, 15) is 24.3 Å². The highest BCUT2D eigenvalue weighted by Crippen LogP contribution is 2.19. The van der Waals surface area contributed by atoms with Gasteiger partial charge in [-0.25, -0.2) is 4.79 Å². The zero-order valence-corrected chi connectivity index (χ0v) is 10.2. The van der Waals surface area contributed by atoms with Crippen molar-refractivity contribution in [2.75, 3.05) is 6.61 Å². The fourth-order valence-corrected chi connectivity index (χ4v) is 1.16. The minimum absolute atomic E-state index is 0.261. The summed E-state index contributed by atoms with van der Waals surface area (Å²) in [6, 6.07) is 0. The lowest BCUT2D eigenvalue weighted by Crippen LogP contribution is -2.44. The molecule has 0 saturated heterocycles. The van der Waals surface area contributed by atoms with Crippen LogP contribution in [0.1, 0.15) is 19.8 Å². The van der Waals surface area contributed by atoms with Crippen molar-refractivity contribution in [3.8, 4) is 0 Å². The number of aliphatic carboxylic acids is 1. The van der Waals surface area contributed by atoms with Crippen molar-refractivity contribution in [2.24, 2.45) is 0 Å². The molecule has 0 aliphatic rings. The second-order valence-corrected chi connectivity index (χ2v) is 3.63. The molecule has 1 atom stereocenters. The molecule has 0 aliphatic carbocycles. The van der Waals surface area contributed by atoms with Gasteiger partial charge >= 0.3 is 23.9 Å². The Balaban J connectivity index is 4.90. The Morgan fingerprint density at radius 1 is 1.26 bits per heavy atom. The maximum absolute atomic E-state index is 11.5. The normalized spacial score (nSPS) is 12.9. The lowest BCUT2D eigenvalue weighted by Gasteiger charge is -2.22. The van der Waals surface area contributed by atoms with Crippen LogP contribution in [0.2, 0.25) is 0 Å². The van der Waals surface area contributed by atoms with Crippen molar-refractivity contribution in [1.29, 1.82) is 0 Å². The zero-order valence-electron chi connectivity index (χ0n) is 10.2. The largest absolute Gasteiger partial charge is 0.481 e. The van der Waals surface area contributed by atoms with E-state index in [-0.39, 0.29) is 6.61 Å². The van der Waals surface area contributed by atoms with Crippen LogP contribution in [0.15, 0.2) is 12.7 Å². The minimum atomic E-state index is -2.60. The van der Waals surface area contributed by atoms with Crippen LogP contribution in [0.3, 0.4) is 0 Å². The molecule has 19 heavy (non-hydrogen) atoms. The summed E-state index contributed by atoms with van der Waals surface area (Å²) in [5.41, 5.74) is -2.60. The molecule has 8 heteroatoms. The molecule has 0 amide bonds. The molecule has 0 fully saturated rings. The third kappa shape index (κ3) is 6.32. The maximum Gasteiger partial charge on any atom is 0.339 e. The number of carbonyl (C=O) groups is 4. The molecule has 8 nitrogen and oxygen atoms in total. The molecule has 2 N–H and O–H groups in total. The first-order chi connectivity index (χ1) is 8.71. The number of rotatable bonds is 7. The molecule has 0 aliphatic heterocycles. The van der Waals surface area contributed by atoms with Crippen LogP contribution >= 0.6 is 0 Å². The Morgan fingerprint density at radius 3 is 2.26 bits per heavy atom. The highest BCUT2D eigenvalue weighted by molar-refractivity contribution is 5.92. The molecular weight excluding hydrogens is 260 g/mol. The summed E-state index contributed by atoms with van der Waals surface area (Å²) >= 11 is 0. The van der Waals surface area contributed by atoms with E-state index in [0.717, 1.165) is 6.92 Å². The second kappa shape index (κ2) is 7.27. The van der Waals surface area contributed by atoms with Crippen LogP contribution < -0.4 is 0 Å². The van der Waals surface area contributed by atoms with Crippen molar-refractivity contribution in [3.05, 3.63) is 12.7 Å². The SMILES string of the molecule is C=CCOC(=O)C(O)(CC(=O)O)CC(=O)OC(C)=O. The van der Waals surface area contributed by atoms with E-state index in [1.807, 2.05) is 0 Å². The monoisotopic (exact) mass is 274 g/mol. The Morgan fingerprint density at radius 2 is 1.84 bits per heavy atom. The van der Waals surface area contributed by atoms with E-state index >= 15 is 0 Å². The van der Waals surface area contributed by atoms with Crippen LogP contribution in [0.25, 0.3) is 0 Å². The number of carboxylic acids is 1.